The van der Waals surface area contributed by atoms with Crippen LogP contribution in [0.15, 0.2) is 48.5 Å². The van der Waals surface area contributed by atoms with Crippen LogP contribution in [0.3, 0.4) is 0 Å². The van der Waals surface area contributed by atoms with Crippen molar-refractivity contribution in [3.05, 3.63) is 65.2 Å². The maximum absolute atomic E-state index is 13.1. The fourth-order valence-corrected chi connectivity index (χ4v) is 4.29. The number of nitrogens with zero attached hydrogens (tertiary/aromatic N) is 3. The lowest BCUT2D eigenvalue weighted by Crippen LogP contribution is -2.52. The molecule has 6 heteroatoms. The molecular formula is C24H27N3O3. The molecule has 0 spiro atoms. The SMILES string of the molecule is Cc1cccc(N2CC(C(=O)N3CCN(C(=O)c4ccccc4)CC3)CC2=O)c1C. The van der Waals surface area contributed by atoms with Gasteiger partial charge >= 0.3 is 0 Å². The fourth-order valence-electron chi connectivity index (χ4n) is 4.29. The van der Waals surface area contributed by atoms with Crippen LogP contribution in [0.25, 0.3) is 0 Å². The molecule has 0 N–H and O–H groups in total. The first kappa shape index (κ1) is 20.1. The van der Waals surface area contributed by atoms with Crippen LogP contribution in [-0.2, 0) is 9.59 Å². The Morgan fingerprint density at radius 3 is 2.23 bits per heavy atom. The number of piperazine rings is 1. The normalized spacial score (nSPS) is 19.3. The average molecular weight is 405 g/mol. The summed E-state index contributed by atoms with van der Waals surface area (Å²) in [5.41, 5.74) is 3.78. The summed E-state index contributed by atoms with van der Waals surface area (Å²) in [6.07, 6.45) is 0.245. The maximum atomic E-state index is 13.1. The number of hydrogen-bond donors (Lipinski definition) is 0. The van der Waals surface area contributed by atoms with Gasteiger partial charge in [-0.15, -0.1) is 0 Å². The minimum absolute atomic E-state index is 0.0000543. The molecule has 30 heavy (non-hydrogen) atoms. The lowest BCUT2D eigenvalue weighted by atomic mass is 10.1. The van der Waals surface area contributed by atoms with Gasteiger partial charge in [0.15, 0.2) is 0 Å². The van der Waals surface area contributed by atoms with Gasteiger partial charge in [0, 0.05) is 50.4 Å². The summed E-state index contributed by atoms with van der Waals surface area (Å²) in [7, 11) is 0. The summed E-state index contributed by atoms with van der Waals surface area (Å²) in [6, 6.07) is 15.1. The Hall–Kier alpha value is -3.15. The van der Waals surface area contributed by atoms with Crippen LogP contribution < -0.4 is 4.90 Å². The summed E-state index contributed by atoms with van der Waals surface area (Å²) >= 11 is 0. The molecule has 0 radical (unpaired) electrons. The predicted octanol–water partition coefficient (Wildman–Crippen LogP) is 2.64. The Balaban J connectivity index is 1.37. The Bertz CT molecular complexity index is 965. The number of hydrogen-bond acceptors (Lipinski definition) is 3. The highest BCUT2D eigenvalue weighted by Gasteiger charge is 2.38. The number of amides is 3. The number of carbonyl (C=O) groups excluding carboxylic acids is 3. The second kappa shape index (κ2) is 8.30. The van der Waals surface area contributed by atoms with Crippen LogP contribution in [-0.4, -0.2) is 60.2 Å². The van der Waals surface area contributed by atoms with E-state index in [0.717, 1.165) is 16.8 Å². The van der Waals surface area contributed by atoms with Crippen LogP contribution in [0.5, 0.6) is 0 Å². The highest BCUT2D eigenvalue weighted by atomic mass is 16.2. The molecule has 6 nitrogen and oxygen atoms in total. The van der Waals surface area contributed by atoms with Crippen LogP contribution >= 0.6 is 0 Å². The number of rotatable bonds is 3. The molecule has 2 heterocycles. The molecule has 3 amide bonds. The zero-order chi connectivity index (χ0) is 21.3. The maximum Gasteiger partial charge on any atom is 0.253 e. The Labute approximate surface area is 177 Å². The lowest BCUT2D eigenvalue weighted by Gasteiger charge is -2.36. The Kier molecular flexibility index (Phi) is 5.57. The molecule has 0 saturated carbocycles. The molecule has 0 bridgehead atoms. The first-order chi connectivity index (χ1) is 14.5. The van der Waals surface area contributed by atoms with E-state index in [1.54, 1.807) is 14.7 Å². The monoisotopic (exact) mass is 405 g/mol. The summed E-state index contributed by atoms with van der Waals surface area (Å²) in [4.78, 5) is 43.7. The van der Waals surface area contributed by atoms with Gasteiger partial charge in [0.05, 0.1) is 5.92 Å². The lowest BCUT2D eigenvalue weighted by molar-refractivity contribution is -0.137. The summed E-state index contributed by atoms with van der Waals surface area (Å²) in [6.45, 7) is 6.50. The van der Waals surface area contributed by atoms with Crippen molar-refractivity contribution in [3.8, 4) is 0 Å². The molecule has 1 unspecified atom stereocenters. The van der Waals surface area contributed by atoms with Crippen molar-refractivity contribution in [2.75, 3.05) is 37.6 Å². The van der Waals surface area contributed by atoms with Crippen molar-refractivity contribution in [1.82, 2.24) is 9.80 Å². The van der Waals surface area contributed by atoms with Gasteiger partial charge in [-0.2, -0.15) is 0 Å². The summed E-state index contributed by atoms with van der Waals surface area (Å²) < 4.78 is 0. The molecule has 156 valence electrons. The van der Waals surface area contributed by atoms with Gasteiger partial charge in [0.2, 0.25) is 11.8 Å². The quantitative estimate of drug-likeness (QED) is 0.789. The summed E-state index contributed by atoms with van der Waals surface area (Å²) in [5, 5.41) is 0. The third-order valence-corrected chi connectivity index (χ3v) is 6.24. The van der Waals surface area contributed by atoms with E-state index in [1.807, 2.05) is 62.4 Å². The molecule has 0 aromatic heterocycles. The summed E-state index contributed by atoms with van der Waals surface area (Å²) in [5.74, 6) is -0.309. The molecule has 4 rings (SSSR count). The van der Waals surface area contributed by atoms with E-state index >= 15 is 0 Å². The van der Waals surface area contributed by atoms with Crippen molar-refractivity contribution in [2.45, 2.75) is 20.3 Å². The minimum atomic E-state index is -0.325. The van der Waals surface area contributed by atoms with Crippen LogP contribution in [0, 0.1) is 19.8 Å². The van der Waals surface area contributed by atoms with Crippen LogP contribution in [0.1, 0.15) is 27.9 Å². The van der Waals surface area contributed by atoms with E-state index in [9.17, 15) is 14.4 Å². The van der Waals surface area contributed by atoms with Gasteiger partial charge in [-0.25, -0.2) is 0 Å². The molecule has 2 aliphatic heterocycles. The van der Waals surface area contributed by atoms with E-state index in [-0.39, 0.29) is 30.1 Å². The second-order valence-corrected chi connectivity index (χ2v) is 8.11. The Morgan fingerprint density at radius 2 is 1.53 bits per heavy atom. The van der Waals surface area contributed by atoms with Gasteiger partial charge in [-0.05, 0) is 43.2 Å². The van der Waals surface area contributed by atoms with Crippen molar-refractivity contribution >= 4 is 23.4 Å². The second-order valence-electron chi connectivity index (χ2n) is 8.11. The largest absolute Gasteiger partial charge is 0.339 e. The van der Waals surface area contributed by atoms with Gasteiger partial charge in [0.25, 0.3) is 5.91 Å². The van der Waals surface area contributed by atoms with E-state index in [2.05, 4.69) is 0 Å². The van der Waals surface area contributed by atoms with Gasteiger partial charge < -0.3 is 14.7 Å². The molecule has 1 atom stereocenters. The van der Waals surface area contributed by atoms with Crippen LogP contribution in [0.2, 0.25) is 0 Å². The van der Waals surface area contributed by atoms with Crippen molar-refractivity contribution in [3.63, 3.8) is 0 Å². The average Bonchev–Trinajstić information content (AvgIpc) is 3.16. The number of anilines is 1. The minimum Gasteiger partial charge on any atom is -0.339 e. The van der Waals surface area contributed by atoms with Crippen molar-refractivity contribution < 1.29 is 14.4 Å². The fraction of sp³-hybridized carbons (Fsp3) is 0.375. The van der Waals surface area contributed by atoms with Gasteiger partial charge in [-0.1, -0.05) is 30.3 Å². The molecule has 2 fully saturated rings. The first-order valence-corrected chi connectivity index (χ1v) is 10.5. The van der Waals surface area contributed by atoms with Crippen molar-refractivity contribution in [2.24, 2.45) is 5.92 Å². The van der Waals surface area contributed by atoms with E-state index in [4.69, 9.17) is 0 Å². The smallest absolute Gasteiger partial charge is 0.253 e. The predicted molar refractivity (Wildman–Crippen MR) is 115 cm³/mol. The topological polar surface area (TPSA) is 60.9 Å². The zero-order valence-corrected chi connectivity index (χ0v) is 17.5. The molecule has 0 aliphatic carbocycles. The van der Waals surface area contributed by atoms with Crippen LogP contribution in [0.4, 0.5) is 5.69 Å². The molecular weight excluding hydrogens is 378 g/mol. The van der Waals surface area contributed by atoms with E-state index in [0.29, 0.717) is 38.3 Å². The molecule has 2 aromatic rings. The number of aryl methyl sites for hydroxylation is 1. The molecule has 2 saturated heterocycles. The highest BCUT2D eigenvalue weighted by Crippen LogP contribution is 2.30. The first-order valence-electron chi connectivity index (χ1n) is 10.5. The zero-order valence-electron chi connectivity index (χ0n) is 17.5. The highest BCUT2D eigenvalue weighted by molar-refractivity contribution is 6.01. The van der Waals surface area contributed by atoms with E-state index in [1.165, 1.54) is 0 Å². The van der Waals surface area contributed by atoms with E-state index < -0.39 is 0 Å². The third-order valence-electron chi connectivity index (χ3n) is 6.24. The standard InChI is InChI=1S/C24H27N3O3/c1-17-7-6-10-21(18(17)2)27-16-20(15-22(27)28)24(30)26-13-11-25(12-14-26)23(29)19-8-4-3-5-9-19/h3-10,20H,11-16H2,1-2H3. The molecule has 2 aliphatic rings. The van der Waals surface area contributed by atoms with Gasteiger partial charge in [0.1, 0.15) is 0 Å². The van der Waals surface area contributed by atoms with Crippen molar-refractivity contribution in [1.29, 1.82) is 0 Å². The molecule has 2 aromatic carbocycles. The number of benzene rings is 2. The van der Waals surface area contributed by atoms with Gasteiger partial charge in [-0.3, -0.25) is 14.4 Å². The Morgan fingerprint density at radius 1 is 0.867 bits per heavy atom. The number of carbonyl (C=O) groups is 3. The third kappa shape index (κ3) is 3.82.